The minimum absolute atomic E-state index is 0.346. The predicted molar refractivity (Wildman–Crippen MR) is 108 cm³/mol. The third kappa shape index (κ3) is 3.77. The monoisotopic (exact) mass is 406 g/mol. The Morgan fingerprint density at radius 1 is 1.28 bits per heavy atom. The van der Waals surface area contributed by atoms with Crippen LogP contribution in [0, 0.1) is 18.3 Å². The Morgan fingerprint density at radius 2 is 2.07 bits per heavy atom. The van der Waals surface area contributed by atoms with Crippen molar-refractivity contribution in [1.82, 2.24) is 9.78 Å². The summed E-state index contributed by atoms with van der Waals surface area (Å²) in [5.41, 5.74) is 3.73. The van der Waals surface area contributed by atoms with Gasteiger partial charge >= 0.3 is 5.97 Å². The molecule has 3 aromatic rings. The number of amides is 1. The third-order valence-electron chi connectivity index (χ3n) is 4.80. The van der Waals surface area contributed by atoms with Crippen molar-refractivity contribution in [2.75, 3.05) is 11.9 Å². The fourth-order valence-corrected chi connectivity index (χ4v) is 4.62. The Kier molecular flexibility index (Phi) is 5.14. The number of nitrogens with zero attached hydrogens (tertiary/aromatic N) is 3. The highest BCUT2D eigenvalue weighted by Gasteiger charge is 2.23. The topological polar surface area (TPSA) is 97.0 Å². The first-order valence-electron chi connectivity index (χ1n) is 9.19. The van der Waals surface area contributed by atoms with Gasteiger partial charge in [-0.15, -0.1) is 11.3 Å². The van der Waals surface area contributed by atoms with Crippen molar-refractivity contribution in [3.05, 3.63) is 63.8 Å². The molecule has 1 aliphatic carbocycles. The number of anilines is 1. The van der Waals surface area contributed by atoms with Crippen LogP contribution in [0.3, 0.4) is 0 Å². The van der Waals surface area contributed by atoms with Crippen LogP contribution in [0.5, 0.6) is 0 Å². The molecule has 146 valence electrons. The van der Waals surface area contributed by atoms with Gasteiger partial charge in [0.25, 0.3) is 5.91 Å². The molecule has 0 radical (unpaired) electrons. The number of aryl methyl sites for hydroxylation is 2. The summed E-state index contributed by atoms with van der Waals surface area (Å²) < 4.78 is 6.87. The maximum Gasteiger partial charge on any atom is 0.338 e. The van der Waals surface area contributed by atoms with E-state index < -0.39 is 18.5 Å². The molecule has 1 amide bonds. The second-order valence-corrected chi connectivity index (χ2v) is 7.83. The highest BCUT2D eigenvalue weighted by atomic mass is 32.1. The van der Waals surface area contributed by atoms with E-state index in [2.05, 4.69) is 16.5 Å². The maximum atomic E-state index is 12.2. The van der Waals surface area contributed by atoms with E-state index in [0.29, 0.717) is 16.1 Å². The number of ether oxygens (including phenoxy) is 1. The molecule has 29 heavy (non-hydrogen) atoms. The van der Waals surface area contributed by atoms with Gasteiger partial charge in [-0.25, -0.2) is 9.48 Å². The molecule has 1 aliphatic rings. The van der Waals surface area contributed by atoms with Crippen molar-refractivity contribution < 1.29 is 14.3 Å². The van der Waals surface area contributed by atoms with Crippen LogP contribution in [0.25, 0.3) is 5.69 Å². The van der Waals surface area contributed by atoms with E-state index >= 15 is 0 Å². The van der Waals surface area contributed by atoms with E-state index in [-0.39, 0.29) is 0 Å². The fraction of sp³-hybridized carbons (Fsp3) is 0.238. The number of nitrogens with one attached hydrogen (secondary N) is 1. The van der Waals surface area contributed by atoms with E-state index in [1.165, 1.54) is 11.3 Å². The lowest BCUT2D eigenvalue weighted by molar-refractivity contribution is -0.119. The number of fused-ring (bicyclic) bond motifs is 1. The zero-order valence-corrected chi connectivity index (χ0v) is 16.6. The molecule has 0 unspecified atom stereocenters. The standard InChI is InChI=1S/C21H18N4O3S/c1-13-9-10-23-25(13)15-7-5-14(6-8-15)21(27)28-12-19(26)24-20-17(11-22)16-3-2-4-18(16)29-20/h5-10H,2-4,12H2,1H3,(H,24,26). The van der Waals surface area contributed by atoms with Crippen LogP contribution in [0.15, 0.2) is 36.5 Å². The largest absolute Gasteiger partial charge is 0.452 e. The summed E-state index contributed by atoms with van der Waals surface area (Å²) in [4.78, 5) is 25.6. The van der Waals surface area contributed by atoms with Crippen molar-refractivity contribution in [1.29, 1.82) is 5.26 Å². The minimum Gasteiger partial charge on any atom is -0.452 e. The molecule has 8 heteroatoms. The summed E-state index contributed by atoms with van der Waals surface area (Å²) in [5, 5.41) is 16.8. The third-order valence-corrected chi connectivity index (χ3v) is 6.01. The van der Waals surface area contributed by atoms with Crippen molar-refractivity contribution >= 4 is 28.2 Å². The molecular weight excluding hydrogens is 388 g/mol. The average molecular weight is 406 g/mol. The lowest BCUT2D eigenvalue weighted by Gasteiger charge is -2.07. The molecule has 0 spiro atoms. The summed E-state index contributed by atoms with van der Waals surface area (Å²) in [6, 6.07) is 10.9. The SMILES string of the molecule is Cc1ccnn1-c1ccc(C(=O)OCC(=O)Nc2sc3c(c2C#N)CCC3)cc1. The van der Waals surface area contributed by atoms with E-state index in [1.54, 1.807) is 35.1 Å². The summed E-state index contributed by atoms with van der Waals surface area (Å²) in [6.45, 7) is 1.53. The van der Waals surface area contributed by atoms with Crippen LogP contribution in [-0.4, -0.2) is 28.3 Å². The molecule has 0 bridgehead atoms. The van der Waals surface area contributed by atoms with Gasteiger partial charge in [-0.05, 0) is 62.1 Å². The first-order valence-corrected chi connectivity index (χ1v) is 10.0. The normalized spacial score (nSPS) is 12.3. The number of nitriles is 1. The number of hydrogen-bond donors (Lipinski definition) is 1. The Hall–Kier alpha value is -3.44. The Bertz CT molecular complexity index is 1120. The molecule has 0 aliphatic heterocycles. The van der Waals surface area contributed by atoms with Crippen molar-refractivity contribution in [2.45, 2.75) is 26.2 Å². The maximum absolute atomic E-state index is 12.2. The lowest BCUT2D eigenvalue weighted by atomic mass is 10.1. The predicted octanol–water partition coefficient (Wildman–Crippen LogP) is 3.40. The number of esters is 1. The highest BCUT2D eigenvalue weighted by molar-refractivity contribution is 7.16. The van der Waals surface area contributed by atoms with E-state index in [0.717, 1.165) is 41.1 Å². The molecule has 0 atom stereocenters. The molecule has 2 aromatic heterocycles. The molecule has 4 rings (SSSR count). The first kappa shape index (κ1) is 18.9. The fourth-order valence-electron chi connectivity index (χ4n) is 3.37. The van der Waals surface area contributed by atoms with E-state index in [1.807, 2.05) is 13.0 Å². The van der Waals surface area contributed by atoms with Gasteiger partial charge in [0.2, 0.25) is 0 Å². The van der Waals surface area contributed by atoms with Crippen molar-refractivity contribution in [3.63, 3.8) is 0 Å². The van der Waals surface area contributed by atoms with Gasteiger partial charge in [-0.3, -0.25) is 4.79 Å². The van der Waals surface area contributed by atoms with E-state index in [4.69, 9.17) is 4.74 Å². The number of benzene rings is 1. The summed E-state index contributed by atoms with van der Waals surface area (Å²) in [6.07, 6.45) is 4.55. The van der Waals surface area contributed by atoms with Crippen LogP contribution in [-0.2, 0) is 22.4 Å². The van der Waals surface area contributed by atoms with Gasteiger partial charge in [0.15, 0.2) is 6.61 Å². The lowest BCUT2D eigenvalue weighted by Crippen LogP contribution is -2.21. The highest BCUT2D eigenvalue weighted by Crippen LogP contribution is 2.38. The Morgan fingerprint density at radius 3 is 2.76 bits per heavy atom. The zero-order valence-electron chi connectivity index (χ0n) is 15.8. The number of thiophene rings is 1. The summed E-state index contributed by atoms with van der Waals surface area (Å²) >= 11 is 1.43. The van der Waals surface area contributed by atoms with Crippen LogP contribution < -0.4 is 5.32 Å². The molecule has 1 aromatic carbocycles. The summed E-state index contributed by atoms with van der Waals surface area (Å²) in [5.74, 6) is -1.04. The summed E-state index contributed by atoms with van der Waals surface area (Å²) in [7, 11) is 0. The molecular formula is C21H18N4O3S. The number of carbonyl (C=O) groups excluding carboxylic acids is 2. The number of aromatic nitrogens is 2. The second-order valence-electron chi connectivity index (χ2n) is 6.73. The smallest absolute Gasteiger partial charge is 0.338 e. The van der Waals surface area contributed by atoms with E-state index in [9.17, 15) is 14.9 Å². The van der Waals surface area contributed by atoms with Gasteiger partial charge in [0.05, 0.1) is 16.8 Å². The average Bonchev–Trinajstić information content (AvgIpc) is 3.42. The number of carbonyl (C=O) groups is 2. The number of rotatable bonds is 5. The van der Waals surface area contributed by atoms with Crippen LogP contribution in [0.4, 0.5) is 5.00 Å². The second kappa shape index (κ2) is 7.89. The van der Waals surface area contributed by atoms with Crippen LogP contribution >= 0.6 is 11.3 Å². The number of hydrogen-bond acceptors (Lipinski definition) is 6. The van der Waals surface area contributed by atoms with Gasteiger partial charge in [0, 0.05) is 16.8 Å². The van der Waals surface area contributed by atoms with Gasteiger partial charge < -0.3 is 10.1 Å². The van der Waals surface area contributed by atoms with Gasteiger partial charge in [0.1, 0.15) is 11.1 Å². The Labute approximate surface area is 171 Å². The Balaban J connectivity index is 1.36. The molecule has 2 heterocycles. The van der Waals surface area contributed by atoms with Crippen LogP contribution in [0.2, 0.25) is 0 Å². The van der Waals surface area contributed by atoms with Crippen LogP contribution in [0.1, 0.15) is 38.5 Å². The molecule has 7 nitrogen and oxygen atoms in total. The first-order chi connectivity index (χ1) is 14.1. The molecule has 0 fully saturated rings. The zero-order chi connectivity index (χ0) is 20.4. The van der Waals surface area contributed by atoms with Gasteiger partial charge in [-0.2, -0.15) is 10.4 Å². The van der Waals surface area contributed by atoms with Gasteiger partial charge in [-0.1, -0.05) is 0 Å². The molecule has 0 saturated carbocycles. The molecule has 0 saturated heterocycles. The van der Waals surface area contributed by atoms with Crippen molar-refractivity contribution in [2.24, 2.45) is 0 Å². The minimum atomic E-state index is -0.585. The quantitative estimate of drug-likeness (QED) is 0.655. The molecule has 1 N–H and O–H groups in total. The van der Waals surface area contributed by atoms with Crippen molar-refractivity contribution in [3.8, 4) is 11.8 Å².